The van der Waals surface area contributed by atoms with Gasteiger partial charge in [-0.15, -0.1) is 0 Å². The number of pyridine rings is 1. The van der Waals surface area contributed by atoms with Gasteiger partial charge in [0.05, 0.1) is 29.0 Å². The second-order valence-electron chi connectivity index (χ2n) is 9.52. The molecule has 0 spiro atoms. The first-order valence-corrected chi connectivity index (χ1v) is 10.4. The van der Waals surface area contributed by atoms with Gasteiger partial charge in [-0.1, -0.05) is 0 Å². The average molecular weight is 399 g/mol. The number of nitrogens with zero attached hydrogens (tertiary/aromatic N) is 3. The van der Waals surface area contributed by atoms with E-state index in [1.807, 2.05) is 39.8 Å². The van der Waals surface area contributed by atoms with Crippen molar-refractivity contribution in [1.29, 1.82) is 0 Å². The molecule has 2 bridgehead atoms. The molecule has 3 aliphatic rings. The van der Waals surface area contributed by atoms with E-state index in [4.69, 9.17) is 9.47 Å². The van der Waals surface area contributed by atoms with E-state index in [0.29, 0.717) is 6.61 Å². The van der Waals surface area contributed by atoms with E-state index < -0.39 is 5.60 Å². The van der Waals surface area contributed by atoms with Gasteiger partial charge in [-0.2, -0.15) is 0 Å². The maximum absolute atomic E-state index is 12.2. The fraction of sp³-hybridized carbons (Fsp3) is 0.636. The molecule has 5 rings (SSSR count). The molecule has 7 heteroatoms. The highest BCUT2D eigenvalue weighted by atomic mass is 16.6. The van der Waals surface area contributed by atoms with E-state index in [0.717, 1.165) is 60.9 Å². The van der Waals surface area contributed by atoms with Crippen molar-refractivity contribution in [1.82, 2.24) is 20.3 Å². The summed E-state index contributed by atoms with van der Waals surface area (Å²) in [6.45, 7) is 8.15. The molecule has 1 amide bonds. The molecular formula is C22H30N4O3. The van der Waals surface area contributed by atoms with Crippen molar-refractivity contribution in [3.8, 4) is 0 Å². The normalized spacial score (nSPS) is 26.5. The van der Waals surface area contributed by atoms with Crippen molar-refractivity contribution in [3.63, 3.8) is 0 Å². The molecule has 2 aromatic rings. The van der Waals surface area contributed by atoms with Crippen molar-refractivity contribution in [3.05, 3.63) is 29.8 Å². The van der Waals surface area contributed by atoms with E-state index in [9.17, 15) is 4.79 Å². The first-order valence-electron chi connectivity index (χ1n) is 10.4. The van der Waals surface area contributed by atoms with Crippen LogP contribution >= 0.6 is 0 Å². The lowest BCUT2D eigenvalue weighted by atomic mass is 9.69. The number of aromatic nitrogens is 3. The van der Waals surface area contributed by atoms with Crippen LogP contribution in [0.25, 0.3) is 11.0 Å². The van der Waals surface area contributed by atoms with Crippen molar-refractivity contribution in [2.75, 3.05) is 6.61 Å². The number of ether oxygens (including phenoxy) is 2. The summed E-state index contributed by atoms with van der Waals surface area (Å²) in [4.78, 5) is 25.7. The van der Waals surface area contributed by atoms with E-state index in [1.54, 1.807) is 6.33 Å². The summed E-state index contributed by atoms with van der Waals surface area (Å²) in [6, 6.07) is 3.97. The Morgan fingerprint density at radius 1 is 1.21 bits per heavy atom. The monoisotopic (exact) mass is 398 g/mol. The molecule has 7 nitrogen and oxygen atoms in total. The van der Waals surface area contributed by atoms with Gasteiger partial charge in [-0.05, 0) is 78.4 Å². The predicted octanol–water partition coefficient (Wildman–Crippen LogP) is 3.87. The number of carbonyl (C=O) groups excluding carboxylic acids is 1. The first-order chi connectivity index (χ1) is 13.7. The second kappa shape index (κ2) is 7.20. The van der Waals surface area contributed by atoms with Gasteiger partial charge in [-0.3, -0.25) is 0 Å². The molecule has 4 heterocycles. The Morgan fingerprint density at radius 3 is 2.62 bits per heavy atom. The van der Waals surface area contributed by atoms with Crippen LogP contribution in [0.3, 0.4) is 0 Å². The molecule has 2 aliphatic heterocycles. The molecule has 3 fully saturated rings. The number of carbonyl (C=O) groups is 1. The van der Waals surface area contributed by atoms with E-state index in [-0.39, 0.29) is 17.2 Å². The molecule has 0 aromatic carbocycles. The van der Waals surface area contributed by atoms with Crippen molar-refractivity contribution in [2.45, 2.75) is 83.0 Å². The smallest absolute Gasteiger partial charge is 0.408 e. The van der Waals surface area contributed by atoms with E-state index >= 15 is 0 Å². The number of alkyl carbamates (subject to hydrolysis) is 1. The van der Waals surface area contributed by atoms with Crippen LogP contribution in [-0.4, -0.2) is 44.4 Å². The molecule has 29 heavy (non-hydrogen) atoms. The minimum absolute atomic E-state index is 0.140. The molecule has 156 valence electrons. The topological polar surface area (TPSA) is 86.2 Å². The quantitative estimate of drug-likeness (QED) is 0.841. The van der Waals surface area contributed by atoms with Gasteiger partial charge in [0, 0.05) is 5.69 Å². The molecule has 0 unspecified atom stereocenters. The van der Waals surface area contributed by atoms with Crippen LogP contribution in [0, 0.1) is 6.92 Å². The lowest BCUT2D eigenvalue weighted by Gasteiger charge is -2.53. The average Bonchev–Trinajstić information content (AvgIpc) is 2.66. The van der Waals surface area contributed by atoms with E-state index in [1.165, 1.54) is 0 Å². The van der Waals surface area contributed by atoms with Gasteiger partial charge in [0.15, 0.2) is 0 Å². The standard InChI is InChI=1S/C22H30N4O3/c1-15-5-6-16-18(25-15)17(24-14-23-16)7-8-22-11-9-21(10-12-22,13-28-22)26-19(27)29-20(2,3)4/h5-6,14H,7-13H2,1-4H3,(H,26,27). The third-order valence-corrected chi connectivity index (χ3v) is 6.05. The zero-order valence-corrected chi connectivity index (χ0v) is 17.7. The van der Waals surface area contributed by atoms with E-state index in [2.05, 4.69) is 20.3 Å². The maximum atomic E-state index is 12.2. The van der Waals surface area contributed by atoms with Crippen LogP contribution in [0.2, 0.25) is 0 Å². The van der Waals surface area contributed by atoms with Crippen molar-refractivity contribution in [2.24, 2.45) is 0 Å². The number of hydrogen-bond donors (Lipinski definition) is 1. The van der Waals surface area contributed by atoms with Crippen molar-refractivity contribution >= 4 is 17.1 Å². The maximum Gasteiger partial charge on any atom is 0.408 e. The number of amides is 1. The Labute approximate surface area is 171 Å². The largest absolute Gasteiger partial charge is 0.444 e. The van der Waals surface area contributed by atoms with Crippen LogP contribution in [0.5, 0.6) is 0 Å². The Hall–Kier alpha value is -2.28. The summed E-state index contributed by atoms with van der Waals surface area (Å²) in [5.74, 6) is 0. The molecule has 2 aromatic heterocycles. The van der Waals surface area contributed by atoms with Gasteiger partial charge in [0.2, 0.25) is 0 Å². The molecular weight excluding hydrogens is 368 g/mol. The zero-order valence-electron chi connectivity index (χ0n) is 17.7. The number of nitrogens with one attached hydrogen (secondary N) is 1. The van der Waals surface area contributed by atoms with Crippen LogP contribution in [0.15, 0.2) is 18.5 Å². The summed E-state index contributed by atoms with van der Waals surface area (Å²) in [5, 5.41) is 3.08. The summed E-state index contributed by atoms with van der Waals surface area (Å²) < 4.78 is 11.8. The van der Waals surface area contributed by atoms with Gasteiger partial charge >= 0.3 is 6.09 Å². The van der Waals surface area contributed by atoms with Crippen LogP contribution in [-0.2, 0) is 15.9 Å². The lowest BCUT2D eigenvalue weighted by molar-refractivity contribution is -0.163. The number of hydrogen-bond acceptors (Lipinski definition) is 6. The predicted molar refractivity (Wildman–Crippen MR) is 110 cm³/mol. The minimum atomic E-state index is -0.499. The van der Waals surface area contributed by atoms with Crippen LogP contribution in [0.4, 0.5) is 4.79 Å². The molecule has 1 saturated carbocycles. The van der Waals surface area contributed by atoms with Gasteiger partial charge in [0.25, 0.3) is 0 Å². The Kier molecular flexibility index (Phi) is 4.97. The first kappa shape index (κ1) is 20.0. The second-order valence-corrected chi connectivity index (χ2v) is 9.52. The highest BCUT2D eigenvalue weighted by Crippen LogP contribution is 2.46. The Morgan fingerprint density at radius 2 is 1.97 bits per heavy atom. The van der Waals surface area contributed by atoms with Gasteiger partial charge in [0.1, 0.15) is 17.4 Å². The molecule has 0 atom stereocenters. The van der Waals surface area contributed by atoms with Crippen LogP contribution in [0.1, 0.15) is 64.3 Å². The fourth-order valence-electron chi connectivity index (χ4n) is 4.38. The number of aryl methyl sites for hydroxylation is 2. The summed E-state index contributed by atoms with van der Waals surface area (Å²) in [7, 11) is 0. The highest BCUT2D eigenvalue weighted by molar-refractivity contribution is 5.76. The summed E-state index contributed by atoms with van der Waals surface area (Å²) in [5.41, 5.74) is 2.77. The molecule has 1 N–H and O–H groups in total. The van der Waals surface area contributed by atoms with Crippen molar-refractivity contribution < 1.29 is 14.3 Å². The fourth-order valence-corrected chi connectivity index (χ4v) is 4.38. The molecule has 2 saturated heterocycles. The third-order valence-electron chi connectivity index (χ3n) is 6.05. The van der Waals surface area contributed by atoms with Gasteiger partial charge in [-0.25, -0.2) is 19.7 Å². The summed E-state index contributed by atoms with van der Waals surface area (Å²) in [6.07, 6.45) is 6.65. The highest BCUT2D eigenvalue weighted by Gasteiger charge is 2.50. The molecule has 1 aliphatic carbocycles. The van der Waals surface area contributed by atoms with Crippen LogP contribution < -0.4 is 5.32 Å². The number of fused-ring (bicyclic) bond motifs is 4. The summed E-state index contributed by atoms with van der Waals surface area (Å²) >= 11 is 0. The zero-order chi connectivity index (χ0) is 20.7. The molecule has 0 radical (unpaired) electrons. The van der Waals surface area contributed by atoms with Gasteiger partial charge < -0.3 is 14.8 Å². The lowest BCUT2D eigenvalue weighted by Crippen LogP contribution is -2.63. The Balaban J connectivity index is 1.40. The Bertz CT molecular complexity index is 897. The SMILES string of the molecule is Cc1ccc2ncnc(CCC34CCC(NC(=O)OC(C)(C)C)(CC3)CO4)c2n1. The minimum Gasteiger partial charge on any atom is -0.444 e. The number of rotatable bonds is 4. The third kappa shape index (κ3) is 4.34.